The topological polar surface area (TPSA) is 9.23 Å². The van der Waals surface area contributed by atoms with E-state index in [0.29, 0.717) is 11.8 Å². The van der Waals surface area contributed by atoms with Gasteiger partial charge in [-0.3, -0.25) is 0 Å². The number of hydrogen-bond donors (Lipinski definition) is 0. The Morgan fingerprint density at radius 1 is 1.11 bits per heavy atom. The maximum atomic E-state index is 5.72. The summed E-state index contributed by atoms with van der Waals surface area (Å²) in [6, 6.07) is 6.66. The van der Waals surface area contributed by atoms with E-state index in [2.05, 4.69) is 58.0 Å². The fourth-order valence-electron chi connectivity index (χ4n) is 2.21. The van der Waals surface area contributed by atoms with E-state index < -0.39 is 0 Å². The molecule has 19 heavy (non-hydrogen) atoms. The molecule has 0 aliphatic heterocycles. The van der Waals surface area contributed by atoms with E-state index >= 15 is 0 Å². The van der Waals surface area contributed by atoms with Crippen LogP contribution < -0.4 is 4.74 Å². The molecule has 0 fully saturated rings. The van der Waals surface area contributed by atoms with Crippen LogP contribution in [-0.4, -0.2) is 6.61 Å². The molecule has 0 spiro atoms. The van der Waals surface area contributed by atoms with Crippen LogP contribution in [0.1, 0.15) is 70.4 Å². The zero-order chi connectivity index (χ0) is 14.3. The van der Waals surface area contributed by atoms with Crippen LogP contribution in [0.25, 0.3) is 0 Å². The first-order valence-electron chi connectivity index (χ1n) is 7.51. The molecule has 1 nitrogen and oxygen atoms in total. The van der Waals surface area contributed by atoms with Gasteiger partial charge < -0.3 is 4.74 Å². The van der Waals surface area contributed by atoms with Crippen molar-refractivity contribution in [3.05, 3.63) is 41.5 Å². The molecule has 1 rings (SSSR count). The van der Waals surface area contributed by atoms with Gasteiger partial charge in [0, 0.05) is 0 Å². The summed E-state index contributed by atoms with van der Waals surface area (Å²) in [4.78, 5) is 0. The van der Waals surface area contributed by atoms with Crippen molar-refractivity contribution in [1.82, 2.24) is 0 Å². The van der Waals surface area contributed by atoms with Gasteiger partial charge in [-0.2, -0.15) is 0 Å². The van der Waals surface area contributed by atoms with Crippen molar-refractivity contribution in [2.75, 3.05) is 6.61 Å². The largest absolute Gasteiger partial charge is 0.494 e. The SMILES string of the molecule is CC/C=C\CC(C)c1ccc(OCC)c(C(C)C)c1. The Morgan fingerprint density at radius 3 is 2.42 bits per heavy atom. The highest BCUT2D eigenvalue weighted by molar-refractivity contribution is 5.40. The van der Waals surface area contributed by atoms with E-state index in [1.54, 1.807) is 0 Å². The highest BCUT2D eigenvalue weighted by atomic mass is 16.5. The minimum atomic E-state index is 0.500. The fourth-order valence-corrected chi connectivity index (χ4v) is 2.21. The molecule has 0 N–H and O–H groups in total. The molecule has 0 aliphatic carbocycles. The molecule has 1 aromatic carbocycles. The molecule has 0 amide bonds. The van der Waals surface area contributed by atoms with Gasteiger partial charge in [-0.05, 0) is 48.8 Å². The third kappa shape index (κ3) is 4.74. The standard InChI is InChI=1S/C18H28O/c1-6-8-9-10-15(5)16-11-12-18(19-7-2)17(13-16)14(3)4/h8-9,11-15H,6-7,10H2,1-5H3/b9-8-. The third-order valence-corrected chi connectivity index (χ3v) is 3.42. The molecule has 0 saturated heterocycles. The van der Waals surface area contributed by atoms with Crippen LogP contribution in [-0.2, 0) is 0 Å². The van der Waals surface area contributed by atoms with Crippen molar-refractivity contribution in [1.29, 1.82) is 0 Å². The molecule has 1 heteroatoms. The second kappa shape index (κ2) is 8.04. The van der Waals surface area contributed by atoms with Crippen molar-refractivity contribution in [2.45, 2.75) is 59.3 Å². The maximum Gasteiger partial charge on any atom is 0.122 e. The number of rotatable bonds is 7. The summed E-state index contributed by atoms with van der Waals surface area (Å²) in [6.07, 6.45) is 6.76. The second-order valence-electron chi connectivity index (χ2n) is 5.40. The second-order valence-corrected chi connectivity index (χ2v) is 5.40. The van der Waals surface area contributed by atoms with E-state index in [1.807, 2.05) is 6.92 Å². The predicted octanol–water partition coefficient (Wildman–Crippen LogP) is 5.67. The average Bonchev–Trinajstić information content (AvgIpc) is 2.39. The van der Waals surface area contributed by atoms with Gasteiger partial charge in [0.15, 0.2) is 0 Å². The lowest BCUT2D eigenvalue weighted by Crippen LogP contribution is -2.01. The minimum Gasteiger partial charge on any atom is -0.494 e. The van der Waals surface area contributed by atoms with Crippen LogP contribution in [0.2, 0.25) is 0 Å². The Kier molecular flexibility index (Phi) is 6.69. The zero-order valence-corrected chi connectivity index (χ0v) is 13.1. The number of allylic oxidation sites excluding steroid dienone is 2. The van der Waals surface area contributed by atoms with Gasteiger partial charge in [0.2, 0.25) is 0 Å². The lowest BCUT2D eigenvalue weighted by atomic mass is 9.92. The van der Waals surface area contributed by atoms with Gasteiger partial charge >= 0.3 is 0 Å². The summed E-state index contributed by atoms with van der Waals surface area (Å²) >= 11 is 0. The first-order valence-corrected chi connectivity index (χ1v) is 7.51. The smallest absolute Gasteiger partial charge is 0.122 e. The quantitative estimate of drug-likeness (QED) is 0.574. The first-order chi connectivity index (χ1) is 9.10. The molecule has 1 aromatic rings. The monoisotopic (exact) mass is 260 g/mol. The molecule has 1 unspecified atom stereocenters. The molecule has 106 valence electrons. The fraction of sp³-hybridized carbons (Fsp3) is 0.556. The van der Waals surface area contributed by atoms with Crippen LogP contribution in [0, 0.1) is 0 Å². The van der Waals surface area contributed by atoms with Crippen molar-refractivity contribution in [3.63, 3.8) is 0 Å². The molecule has 1 atom stereocenters. The normalized spacial score (nSPS) is 13.2. The number of ether oxygens (including phenoxy) is 1. The lowest BCUT2D eigenvalue weighted by Gasteiger charge is -2.17. The lowest BCUT2D eigenvalue weighted by molar-refractivity contribution is 0.335. The van der Waals surface area contributed by atoms with Crippen LogP contribution in [0.5, 0.6) is 5.75 Å². The average molecular weight is 260 g/mol. The first kappa shape index (κ1) is 15.8. The van der Waals surface area contributed by atoms with E-state index in [0.717, 1.165) is 25.2 Å². The summed E-state index contributed by atoms with van der Waals surface area (Å²) in [6.45, 7) is 11.7. The van der Waals surface area contributed by atoms with Crippen molar-refractivity contribution >= 4 is 0 Å². The highest BCUT2D eigenvalue weighted by Crippen LogP contribution is 2.31. The van der Waals surface area contributed by atoms with Crippen LogP contribution in [0.15, 0.2) is 30.4 Å². The zero-order valence-electron chi connectivity index (χ0n) is 13.1. The van der Waals surface area contributed by atoms with Gasteiger partial charge in [-0.1, -0.05) is 52.0 Å². The molecular formula is C18H28O. The maximum absolute atomic E-state index is 5.72. The summed E-state index contributed by atoms with van der Waals surface area (Å²) in [7, 11) is 0. The predicted molar refractivity (Wildman–Crippen MR) is 84.2 cm³/mol. The minimum absolute atomic E-state index is 0.500. The molecule has 0 aromatic heterocycles. The number of hydrogen-bond acceptors (Lipinski definition) is 1. The van der Waals surface area contributed by atoms with E-state index in [4.69, 9.17) is 4.74 Å². The van der Waals surface area contributed by atoms with Crippen LogP contribution in [0.4, 0.5) is 0 Å². The summed E-state index contributed by atoms with van der Waals surface area (Å²) < 4.78 is 5.72. The van der Waals surface area contributed by atoms with Crippen LogP contribution >= 0.6 is 0 Å². The Bertz CT molecular complexity index is 404. The van der Waals surface area contributed by atoms with Gasteiger partial charge in [-0.25, -0.2) is 0 Å². The van der Waals surface area contributed by atoms with Crippen molar-refractivity contribution < 1.29 is 4.74 Å². The van der Waals surface area contributed by atoms with Crippen molar-refractivity contribution in [3.8, 4) is 5.75 Å². The Labute approximate surface area is 118 Å². The summed E-state index contributed by atoms with van der Waals surface area (Å²) in [5.74, 6) is 2.11. The Hall–Kier alpha value is -1.24. The van der Waals surface area contributed by atoms with E-state index in [-0.39, 0.29) is 0 Å². The number of benzene rings is 1. The van der Waals surface area contributed by atoms with Gasteiger partial charge in [-0.15, -0.1) is 0 Å². The van der Waals surface area contributed by atoms with Gasteiger partial charge in [0.05, 0.1) is 6.61 Å². The highest BCUT2D eigenvalue weighted by Gasteiger charge is 2.11. The Morgan fingerprint density at radius 2 is 1.84 bits per heavy atom. The van der Waals surface area contributed by atoms with Gasteiger partial charge in [0.1, 0.15) is 5.75 Å². The van der Waals surface area contributed by atoms with E-state index in [1.165, 1.54) is 11.1 Å². The molecular weight excluding hydrogens is 232 g/mol. The molecule has 0 saturated carbocycles. The summed E-state index contributed by atoms with van der Waals surface area (Å²) in [5, 5.41) is 0. The molecule has 0 heterocycles. The molecule has 0 aliphatic rings. The third-order valence-electron chi connectivity index (χ3n) is 3.42. The van der Waals surface area contributed by atoms with Gasteiger partial charge in [0.25, 0.3) is 0 Å². The molecule has 0 radical (unpaired) electrons. The van der Waals surface area contributed by atoms with Crippen LogP contribution in [0.3, 0.4) is 0 Å². The summed E-state index contributed by atoms with van der Waals surface area (Å²) in [5.41, 5.74) is 2.73. The van der Waals surface area contributed by atoms with E-state index in [9.17, 15) is 0 Å². The molecule has 0 bridgehead atoms. The van der Waals surface area contributed by atoms with Crippen molar-refractivity contribution in [2.24, 2.45) is 0 Å². The Balaban J connectivity index is 2.91.